The maximum absolute atomic E-state index is 12.6. The molecule has 3 aromatic rings. The topological polar surface area (TPSA) is 113 Å². The van der Waals surface area contributed by atoms with Crippen LogP contribution in [-0.2, 0) is 14.8 Å². The van der Waals surface area contributed by atoms with Gasteiger partial charge in [0.25, 0.3) is 0 Å². The maximum atomic E-state index is 12.6. The van der Waals surface area contributed by atoms with E-state index in [-0.39, 0.29) is 22.6 Å². The number of anilines is 1. The predicted molar refractivity (Wildman–Crippen MR) is 114 cm³/mol. The third-order valence-corrected chi connectivity index (χ3v) is 6.20. The Kier molecular flexibility index (Phi) is 5.12. The SMILES string of the molecule is N#Cc1cccc([C@@H]2C[C@H]2C(=O)Nc2ccc(-c3ccccc3S(N)(=O)=O)cc2)c1. The Morgan fingerprint density at radius 3 is 2.47 bits per heavy atom. The van der Waals surface area contributed by atoms with Gasteiger partial charge in [-0.2, -0.15) is 5.26 Å². The summed E-state index contributed by atoms with van der Waals surface area (Å²) in [6, 6.07) is 23.0. The summed E-state index contributed by atoms with van der Waals surface area (Å²) in [4.78, 5) is 12.6. The molecule has 0 spiro atoms. The molecule has 0 aromatic heterocycles. The molecule has 0 aliphatic heterocycles. The van der Waals surface area contributed by atoms with Crippen molar-refractivity contribution in [3.63, 3.8) is 0 Å². The van der Waals surface area contributed by atoms with Gasteiger partial charge in [0.15, 0.2) is 0 Å². The van der Waals surface area contributed by atoms with E-state index in [9.17, 15) is 13.2 Å². The second kappa shape index (κ2) is 7.75. The molecule has 1 aliphatic rings. The minimum atomic E-state index is -3.84. The number of carbonyl (C=O) groups excluding carboxylic acids is 1. The van der Waals surface area contributed by atoms with Crippen LogP contribution in [0.15, 0.2) is 77.7 Å². The van der Waals surface area contributed by atoms with E-state index >= 15 is 0 Å². The molecule has 0 radical (unpaired) electrons. The third kappa shape index (κ3) is 4.10. The second-order valence-electron chi connectivity index (χ2n) is 7.29. The van der Waals surface area contributed by atoms with Crippen LogP contribution in [0.4, 0.5) is 5.69 Å². The Balaban J connectivity index is 1.46. The van der Waals surface area contributed by atoms with E-state index in [1.807, 2.05) is 18.2 Å². The molecule has 0 unspecified atom stereocenters. The van der Waals surface area contributed by atoms with E-state index in [0.29, 0.717) is 22.4 Å². The lowest BCUT2D eigenvalue weighted by molar-refractivity contribution is -0.117. The monoisotopic (exact) mass is 417 g/mol. The van der Waals surface area contributed by atoms with E-state index < -0.39 is 10.0 Å². The van der Waals surface area contributed by atoms with Gasteiger partial charge in [0.2, 0.25) is 15.9 Å². The zero-order valence-electron chi connectivity index (χ0n) is 15.9. The average molecular weight is 417 g/mol. The van der Waals surface area contributed by atoms with Crippen molar-refractivity contribution in [3.05, 3.63) is 83.9 Å². The number of rotatable bonds is 5. The van der Waals surface area contributed by atoms with E-state index in [4.69, 9.17) is 10.4 Å². The maximum Gasteiger partial charge on any atom is 0.238 e. The van der Waals surface area contributed by atoms with Crippen molar-refractivity contribution < 1.29 is 13.2 Å². The normalized spacial score (nSPS) is 17.7. The smallest absolute Gasteiger partial charge is 0.238 e. The Morgan fingerprint density at radius 1 is 1.03 bits per heavy atom. The van der Waals surface area contributed by atoms with Crippen molar-refractivity contribution in [2.45, 2.75) is 17.2 Å². The molecule has 1 aliphatic carbocycles. The van der Waals surface area contributed by atoms with Crippen molar-refractivity contribution in [2.24, 2.45) is 11.1 Å². The lowest BCUT2D eigenvalue weighted by Crippen LogP contribution is -2.14. The van der Waals surface area contributed by atoms with Crippen LogP contribution in [0.1, 0.15) is 23.5 Å². The van der Waals surface area contributed by atoms with Gasteiger partial charge in [0.05, 0.1) is 16.5 Å². The van der Waals surface area contributed by atoms with Crippen LogP contribution >= 0.6 is 0 Å². The number of sulfonamides is 1. The molecular formula is C23H19N3O3S. The molecule has 30 heavy (non-hydrogen) atoms. The summed E-state index contributed by atoms with van der Waals surface area (Å²) in [5, 5.41) is 17.2. The molecule has 1 amide bonds. The largest absolute Gasteiger partial charge is 0.326 e. The fourth-order valence-electron chi connectivity index (χ4n) is 3.61. The standard InChI is InChI=1S/C23H19N3O3S/c24-14-15-4-3-5-17(12-15)20-13-21(20)23(27)26-18-10-8-16(9-11-18)19-6-1-2-7-22(19)30(25,28)29/h1-12,20-21H,13H2,(H,26,27)(H2,25,28,29)/t20-,21+/m0/s1. The zero-order chi connectivity index (χ0) is 21.3. The number of nitrogens with one attached hydrogen (secondary N) is 1. The van der Waals surface area contributed by atoms with Crippen molar-refractivity contribution in [1.29, 1.82) is 5.26 Å². The highest BCUT2D eigenvalue weighted by molar-refractivity contribution is 7.89. The molecule has 0 saturated heterocycles. The van der Waals surface area contributed by atoms with Crippen LogP contribution < -0.4 is 10.5 Å². The molecular weight excluding hydrogens is 398 g/mol. The van der Waals surface area contributed by atoms with Gasteiger partial charge in [-0.15, -0.1) is 0 Å². The van der Waals surface area contributed by atoms with Crippen LogP contribution in [0, 0.1) is 17.2 Å². The number of nitrogens with zero attached hydrogens (tertiary/aromatic N) is 1. The summed E-state index contributed by atoms with van der Waals surface area (Å²) in [7, 11) is -3.84. The van der Waals surface area contributed by atoms with Crippen molar-refractivity contribution in [1.82, 2.24) is 0 Å². The van der Waals surface area contributed by atoms with Gasteiger partial charge in [0, 0.05) is 17.2 Å². The van der Waals surface area contributed by atoms with Gasteiger partial charge < -0.3 is 5.32 Å². The number of nitrogens with two attached hydrogens (primary N) is 1. The molecule has 1 fully saturated rings. The second-order valence-corrected chi connectivity index (χ2v) is 8.82. The van der Waals surface area contributed by atoms with E-state index in [0.717, 1.165) is 12.0 Å². The van der Waals surface area contributed by atoms with Crippen molar-refractivity contribution >= 4 is 21.6 Å². The Hall–Kier alpha value is -3.47. The first-order valence-corrected chi connectivity index (χ1v) is 10.9. The van der Waals surface area contributed by atoms with Crippen molar-refractivity contribution in [2.75, 3.05) is 5.32 Å². The number of nitriles is 1. The quantitative estimate of drug-likeness (QED) is 0.660. The molecule has 6 nitrogen and oxygen atoms in total. The summed E-state index contributed by atoms with van der Waals surface area (Å²) >= 11 is 0. The molecule has 4 rings (SSSR count). The first-order valence-electron chi connectivity index (χ1n) is 9.40. The summed E-state index contributed by atoms with van der Waals surface area (Å²) in [5.41, 5.74) is 3.43. The summed E-state index contributed by atoms with van der Waals surface area (Å²) in [6.45, 7) is 0. The Morgan fingerprint density at radius 2 is 1.77 bits per heavy atom. The minimum Gasteiger partial charge on any atom is -0.326 e. The lowest BCUT2D eigenvalue weighted by atomic mass is 10.0. The highest BCUT2D eigenvalue weighted by Gasteiger charge is 2.44. The summed E-state index contributed by atoms with van der Waals surface area (Å²) < 4.78 is 23.6. The van der Waals surface area contributed by atoms with E-state index in [1.165, 1.54) is 6.07 Å². The van der Waals surface area contributed by atoms with Crippen LogP contribution in [0.2, 0.25) is 0 Å². The Bertz CT molecular complexity index is 1260. The highest BCUT2D eigenvalue weighted by atomic mass is 32.2. The lowest BCUT2D eigenvalue weighted by Gasteiger charge is -2.10. The fraction of sp³-hybridized carbons (Fsp3) is 0.130. The zero-order valence-corrected chi connectivity index (χ0v) is 16.8. The number of hydrogen-bond acceptors (Lipinski definition) is 4. The number of hydrogen-bond donors (Lipinski definition) is 2. The van der Waals surface area contributed by atoms with Gasteiger partial charge in [-0.05, 0) is 53.8 Å². The number of primary sulfonamides is 1. The van der Waals surface area contributed by atoms with Crippen LogP contribution in [0.5, 0.6) is 0 Å². The molecule has 3 aromatic carbocycles. The minimum absolute atomic E-state index is 0.0576. The molecule has 1 saturated carbocycles. The molecule has 0 heterocycles. The average Bonchev–Trinajstić information content (AvgIpc) is 3.55. The number of benzene rings is 3. The summed E-state index contributed by atoms with van der Waals surface area (Å²) in [6.07, 6.45) is 0.751. The van der Waals surface area contributed by atoms with Gasteiger partial charge >= 0.3 is 0 Å². The van der Waals surface area contributed by atoms with Gasteiger partial charge in [-0.25, -0.2) is 13.6 Å². The number of carbonyl (C=O) groups is 1. The third-order valence-electron chi connectivity index (χ3n) is 5.23. The fourth-order valence-corrected chi connectivity index (χ4v) is 4.37. The van der Waals surface area contributed by atoms with Crippen LogP contribution in [-0.4, -0.2) is 14.3 Å². The molecule has 0 bridgehead atoms. The molecule has 7 heteroatoms. The highest BCUT2D eigenvalue weighted by Crippen LogP contribution is 2.48. The van der Waals surface area contributed by atoms with Gasteiger partial charge in [-0.1, -0.05) is 42.5 Å². The Labute approximate surface area is 175 Å². The van der Waals surface area contributed by atoms with E-state index in [1.54, 1.807) is 48.5 Å². The molecule has 3 N–H and O–H groups in total. The first kappa shape index (κ1) is 19.8. The summed E-state index contributed by atoms with van der Waals surface area (Å²) in [5.74, 6) is -0.0685. The predicted octanol–water partition coefficient (Wildman–Crippen LogP) is 3.61. The number of amides is 1. The molecule has 150 valence electrons. The first-order chi connectivity index (χ1) is 14.4. The van der Waals surface area contributed by atoms with Crippen LogP contribution in [0.25, 0.3) is 11.1 Å². The van der Waals surface area contributed by atoms with Crippen molar-refractivity contribution in [3.8, 4) is 17.2 Å². The molecule has 2 atom stereocenters. The van der Waals surface area contributed by atoms with E-state index in [2.05, 4.69) is 11.4 Å². The van der Waals surface area contributed by atoms with Gasteiger partial charge in [0.1, 0.15) is 0 Å². The van der Waals surface area contributed by atoms with Crippen LogP contribution in [0.3, 0.4) is 0 Å². The van der Waals surface area contributed by atoms with Gasteiger partial charge in [-0.3, -0.25) is 4.79 Å².